The van der Waals surface area contributed by atoms with Crippen molar-refractivity contribution < 1.29 is 4.74 Å². The van der Waals surface area contributed by atoms with Crippen LogP contribution < -0.4 is 4.74 Å². The maximum Gasteiger partial charge on any atom is 0.208 e. The topological polar surface area (TPSA) is 52.3 Å². The lowest BCUT2D eigenvalue weighted by Gasteiger charge is -2.13. The van der Waals surface area contributed by atoms with E-state index in [2.05, 4.69) is 88.9 Å². The zero-order valence-electron chi connectivity index (χ0n) is 17.0. The number of nitrogens with zero attached hydrogens (tertiary/aromatic N) is 4. The standard InChI is InChI=1S/C22H25BrN4OS/c1-14(2)10-16-6-5-7-18(11-16)15(3)21-25-26-22(29)27(21)24-13-17-8-9-20(28-4)19(23)12-17/h5-9,11-15H,10H2,1-4H3,(H,26,29)/b24-13+. The number of ether oxygens (including phenoxy) is 1. The fourth-order valence-electron chi connectivity index (χ4n) is 3.16. The molecule has 29 heavy (non-hydrogen) atoms. The molecule has 1 unspecified atom stereocenters. The average Bonchev–Trinajstić information content (AvgIpc) is 3.06. The zero-order chi connectivity index (χ0) is 21.0. The summed E-state index contributed by atoms with van der Waals surface area (Å²) in [5.41, 5.74) is 3.44. The molecule has 7 heteroatoms. The van der Waals surface area contributed by atoms with Crippen molar-refractivity contribution in [1.29, 1.82) is 0 Å². The first-order chi connectivity index (χ1) is 13.9. The number of halogens is 1. The molecule has 0 bridgehead atoms. The molecule has 3 rings (SSSR count). The molecular formula is C22H25BrN4OS. The fourth-order valence-corrected chi connectivity index (χ4v) is 3.92. The predicted octanol–water partition coefficient (Wildman–Crippen LogP) is 5.57. The number of rotatable bonds is 7. The van der Waals surface area contributed by atoms with Crippen molar-refractivity contribution in [2.75, 3.05) is 7.11 Å². The Balaban J connectivity index is 1.88. The third-order valence-corrected chi connectivity index (χ3v) is 5.53. The maximum absolute atomic E-state index is 5.27. The zero-order valence-corrected chi connectivity index (χ0v) is 19.5. The van der Waals surface area contributed by atoms with Crippen molar-refractivity contribution in [2.24, 2.45) is 11.0 Å². The summed E-state index contributed by atoms with van der Waals surface area (Å²) in [6.07, 6.45) is 2.81. The summed E-state index contributed by atoms with van der Waals surface area (Å²) in [7, 11) is 1.64. The first-order valence-electron chi connectivity index (χ1n) is 9.50. The molecule has 0 aliphatic carbocycles. The molecule has 1 atom stereocenters. The third-order valence-electron chi connectivity index (χ3n) is 4.63. The van der Waals surface area contributed by atoms with Crippen LogP contribution in [0.5, 0.6) is 5.75 Å². The Morgan fingerprint density at radius 1 is 1.17 bits per heavy atom. The van der Waals surface area contributed by atoms with Gasteiger partial charge in [-0.05, 0) is 63.2 Å². The summed E-state index contributed by atoms with van der Waals surface area (Å²) in [4.78, 5) is 0. The molecule has 5 nitrogen and oxygen atoms in total. The highest BCUT2D eigenvalue weighted by Crippen LogP contribution is 2.27. The Morgan fingerprint density at radius 2 is 1.97 bits per heavy atom. The van der Waals surface area contributed by atoms with Crippen LogP contribution in [0.3, 0.4) is 0 Å². The van der Waals surface area contributed by atoms with Gasteiger partial charge in [0.25, 0.3) is 0 Å². The molecule has 152 valence electrons. The molecule has 0 spiro atoms. The normalized spacial score (nSPS) is 12.7. The predicted molar refractivity (Wildman–Crippen MR) is 123 cm³/mol. The summed E-state index contributed by atoms with van der Waals surface area (Å²) in [6, 6.07) is 14.4. The molecule has 0 aliphatic heterocycles. The summed E-state index contributed by atoms with van der Waals surface area (Å²) in [5.74, 6) is 2.18. The van der Waals surface area contributed by atoms with Crippen LogP contribution in [0.25, 0.3) is 0 Å². The number of hydrogen-bond acceptors (Lipinski definition) is 5. The minimum absolute atomic E-state index is 0.0373. The lowest BCUT2D eigenvalue weighted by molar-refractivity contribution is 0.412. The van der Waals surface area contributed by atoms with Gasteiger partial charge in [0.1, 0.15) is 5.75 Å². The van der Waals surface area contributed by atoms with Crippen molar-refractivity contribution in [1.82, 2.24) is 14.9 Å². The van der Waals surface area contributed by atoms with Gasteiger partial charge in [-0.2, -0.15) is 9.78 Å². The van der Waals surface area contributed by atoms with Crippen molar-refractivity contribution in [3.63, 3.8) is 0 Å². The van der Waals surface area contributed by atoms with Gasteiger partial charge in [-0.3, -0.25) is 0 Å². The van der Waals surface area contributed by atoms with Crippen LogP contribution in [0, 0.1) is 5.92 Å². The van der Waals surface area contributed by atoms with Crippen LogP contribution in [-0.4, -0.2) is 28.2 Å². The van der Waals surface area contributed by atoms with Crippen molar-refractivity contribution in [3.8, 4) is 5.75 Å². The van der Waals surface area contributed by atoms with Crippen LogP contribution >= 0.6 is 28.6 Å². The smallest absolute Gasteiger partial charge is 0.208 e. The van der Waals surface area contributed by atoms with E-state index in [4.69, 9.17) is 4.74 Å². The molecule has 2 aromatic carbocycles. The maximum atomic E-state index is 5.27. The number of hydrogen-bond donors (Lipinski definition) is 1. The molecule has 0 aliphatic rings. The van der Waals surface area contributed by atoms with E-state index >= 15 is 0 Å². The minimum atomic E-state index is 0.0373. The Kier molecular flexibility index (Phi) is 7.14. The van der Waals surface area contributed by atoms with E-state index in [0.29, 0.717) is 11.1 Å². The van der Waals surface area contributed by atoms with Gasteiger partial charge in [0, 0.05) is 5.92 Å². The van der Waals surface area contributed by atoms with E-state index in [-0.39, 0.29) is 5.92 Å². The molecule has 3 aromatic rings. The molecule has 0 fully saturated rings. The van der Waals surface area contributed by atoms with Gasteiger partial charge in [-0.25, -0.2) is 0 Å². The molecule has 0 amide bonds. The van der Waals surface area contributed by atoms with Gasteiger partial charge in [-0.1, -0.05) is 45.0 Å². The van der Waals surface area contributed by atoms with E-state index in [1.807, 2.05) is 18.2 Å². The van der Waals surface area contributed by atoms with Crippen molar-refractivity contribution >= 4 is 34.8 Å². The van der Waals surface area contributed by atoms with E-state index in [0.717, 1.165) is 28.0 Å². The third kappa shape index (κ3) is 5.28. The second-order valence-corrected chi connectivity index (χ2v) is 8.63. The number of benzene rings is 2. The van der Waals surface area contributed by atoms with Crippen molar-refractivity contribution in [3.05, 3.63) is 69.5 Å². The summed E-state index contributed by atoms with van der Waals surface area (Å²) >= 11 is 7.93. The monoisotopic (exact) mass is 472 g/mol. The highest BCUT2D eigenvalue weighted by atomic mass is 79.9. The van der Waals surface area contributed by atoms with Crippen LogP contribution in [0.1, 0.15) is 49.2 Å². The highest BCUT2D eigenvalue weighted by Gasteiger charge is 2.18. The average molecular weight is 473 g/mol. The summed E-state index contributed by atoms with van der Waals surface area (Å²) in [5, 5.41) is 13.5. The van der Waals surface area contributed by atoms with Gasteiger partial charge in [0.2, 0.25) is 5.16 Å². The first-order valence-corrected chi connectivity index (χ1v) is 10.7. The van der Waals surface area contributed by atoms with Gasteiger partial charge in [-0.15, -0.1) is 22.8 Å². The largest absolute Gasteiger partial charge is 0.496 e. The second kappa shape index (κ2) is 9.59. The van der Waals surface area contributed by atoms with Crippen LogP contribution in [0.4, 0.5) is 0 Å². The van der Waals surface area contributed by atoms with Crippen molar-refractivity contribution in [2.45, 2.75) is 38.3 Å². The van der Waals surface area contributed by atoms with Gasteiger partial charge >= 0.3 is 0 Å². The van der Waals surface area contributed by atoms with Crippen LogP contribution in [-0.2, 0) is 6.42 Å². The molecule has 0 N–H and O–H groups in total. The van der Waals surface area contributed by atoms with E-state index in [1.54, 1.807) is 18.0 Å². The Morgan fingerprint density at radius 3 is 2.66 bits per heavy atom. The first kappa shape index (κ1) is 21.6. The summed E-state index contributed by atoms with van der Waals surface area (Å²) < 4.78 is 7.83. The van der Waals surface area contributed by atoms with E-state index in [1.165, 1.54) is 11.1 Å². The van der Waals surface area contributed by atoms with Gasteiger partial charge in [0.15, 0.2) is 5.82 Å². The lowest BCUT2D eigenvalue weighted by atomic mass is 9.95. The lowest BCUT2D eigenvalue weighted by Crippen LogP contribution is -2.06. The molecule has 0 radical (unpaired) electrons. The summed E-state index contributed by atoms with van der Waals surface area (Å²) in [6.45, 7) is 6.57. The van der Waals surface area contributed by atoms with Gasteiger partial charge in [0.05, 0.1) is 17.8 Å². The Labute approximate surface area is 185 Å². The van der Waals surface area contributed by atoms with E-state index < -0.39 is 0 Å². The van der Waals surface area contributed by atoms with E-state index in [9.17, 15) is 0 Å². The molecule has 1 aromatic heterocycles. The minimum Gasteiger partial charge on any atom is -0.496 e. The molecule has 0 saturated heterocycles. The Bertz CT molecular complexity index is 1020. The quantitative estimate of drug-likeness (QED) is 0.361. The molecule has 0 saturated carbocycles. The number of aromatic nitrogens is 3. The highest BCUT2D eigenvalue weighted by molar-refractivity contribution is 9.10. The Hall–Kier alpha value is -2.12. The van der Waals surface area contributed by atoms with Gasteiger partial charge < -0.3 is 4.74 Å². The number of thiol groups is 1. The second-order valence-electron chi connectivity index (χ2n) is 7.37. The SMILES string of the molecule is COc1ccc(/C=N/n2c(S)nnc2C(C)c2cccc(CC(C)C)c2)cc1Br. The van der Waals surface area contributed by atoms with Crippen LogP contribution in [0.2, 0.25) is 0 Å². The fraction of sp³-hybridized carbons (Fsp3) is 0.318. The van der Waals surface area contributed by atoms with Crippen LogP contribution in [0.15, 0.2) is 57.2 Å². The molecule has 1 heterocycles. The number of methoxy groups -OCH3 is 1. The molecular weight excluding hydrogens is 448 g/mol.